The molecule has 2 aliphatic carbocycles. The van der Waals surface area contributed by atoms with E-state index < -0.39 is 0 Å². The number of aromatic nitrogens is 2. The summed E-state index contributed by atoms with van der Waals surface area (Å²) in [5.74, 6) is 1.07. The molecule has 5 heteroatoms. The third-order valence-electron chi connectivity index (χ3n) is 3.85. The summed E-state index contributed by atoms with van der Waals surface area (Å²) in [6, 6.07) is 0. The van der Waals surface area contributed by atoms with Crippen molar-refractivity contribution in [2.24, 2.45) is 5.92 Å². The third-order valence-corrected chi connectivity index (χ3v) is 6.09. The molecule has 0 aliphatic heterocycles. The zero-order chi connectivity index (χ0) is 13.7. The van der Waals surface area contributed by atoms with Crippen LogP contribution in [0.5, 0.6) is 0 Å². The Morgan fingerprint density at radius 2 is 2.05 bits per heavy atom. The minimum Gasteiger partial charge on any atom is -0.300 e. The molecule has 0 atom stereocenters. The van der Waals surface area contributed by atoms with E-state index in [0.29, 0.717) is 6.42 Å². The summed E-state index contributed by atoms with van der Waals surface area (Å²) in [7, 11) is 0. The molecule has 0 bridgehead atoms. The van der Waals surface area contributed by atoms with Crippen molar-refractivity contribution in [2.45, 2.75) is 45.4 Å². The molecule has 1 saturated carbocycles. The molecule has 3 nitrogen and oxygen atoms in total. The Balaban J connectivity index is 1.68. The zero-order valence-electron chi connectivity index (χ0n) is 11.4. The highest BCUT2D eigenvalue weighted by Crippen LogP contribution is 2.42. The van der Waals surface area contributed by atoms with Gasteiger partial charge in [0, 0.05) is 11.3 Å². The number of nitrogens with zero attached hydrogens (tertiary/aromatic N) is 2. The molecular formula is C15H16N2OS2. The Kier molecular flexibility index (Phi) is 3.00. The molecule has 0 aromatic carbocycles. The number of Topliss-reactive ketones (excluding diaryl/α,β-unsaturated/α-hetero) is 1. The van der Waals surface area contributed by atoms with Gasteiger partial charge in [-0.3, -0.25) is 4.79 Å². The first-order valence-corrected chi connectivity index (χ1v) is 8.79. The topological polar surface area (TPSA) is 42.9 Å². The lowest BCUT2D eigenvalue weighted by atomic mass is 10.1. The van der Waals surface area contributed by atoms with Gasteiger partial charge in [-0.15, -0.1) is 22.7 Å². The van der Waals surface area contributed by atoms with Crippen LogP contribution in [-0.2, 0) is 30.5 Å². The summed E-state index contributed by atoms with van der Waals surface area (Å²) in [5.41, 5.74) is 2.32. The molecule has 2 aromatic rings. The first-order valence-electron chi connectivity index (χ1n) is 7.16. The predicted molar refractivity (Wildman–Crippen MR) is 81.4 cm³/mol. The summed E-state index contributed by atoms with van der Waals surface area (Å²) in [6.45, 7) is 1.63. The van der Waals surface area contributed by atoms with E-state index in [2.05, 4.69) is 4.98 Å². The van der Waals surface area contributed by atoms with E-state index in [-0.39, 0.29) is 5.78 Å². The number of carbonyl (C=O) groups excluding carboxylic acids is 1. The number of ketones is 1. The van der Waals surface area contributed by atoms with E-state index in [9.17, 15) is 4.79 Å². The third kappa shape index (κ3) is 2.33. The molecule has 1 fully saturated rings. The molecular weight excluding hydrogens is 288 g/mol. The Labute approximate surface area is 126 Å². The van der Waals surface area contributed by atoms with Crippen molar-refractivity contribution in [3.63, 3.8) is 0 Å². The number of carbonyl (C=O) groups is 1. The molecule has 20 heavy (non-hydrogen) atoms. The second-order valence-corrected chi connectivity index (χ2v) is 8.04. The number of hydrogen-bond donors (Lipinski definition) is 0. The quantitative estimate of drug-likeness (QED) is 0.869. The van der Waals surface area contributed by atoms with E-state index in [1.54, 1.807) is 18.3 Å². The second kappa shape index (κ2) is 4.74. The Morgan fingerprint density at radius 3 is 2.80 bits per heavy atom. The van der Waals surface area contributed by atoms with Crippen LogP contribution in [0.3, 0.4) is 0 Å². The molecule has 2 heterocycles. The van der Waals surface area contributed by atoms with Gasteiger partial charge in [-0.1, -0.05) is 0 Å². The van der Waals surface area contributed by atoms with E-state index >= 15 is 0 Å². The van der Waals surface area contributed by atoms with Crippen molar-refractivity contribution in [2.75, 3.05) is 0 Å². The van der Waals surface area contributed by atoms with Crippen LogP contribution in [0.25, 0.3) is 10.6 Å². The highest BCUT2D eigenvalue weighted by molar-refractivity contribution is 7.16. The van der Waals surface area contributed by atoms with Crippen molar-refractivity contribution in [3.05, 3.63) is 20.6 Å². The molecule has 2 aliphatic rings. The fraction of sp³-hybridized carbons (Fsp3) is 0.533. The number of rotatable bonds is 4. The maximum absolute atomic E-state index is 11.3. The van der Waals surface area contributed by atoms with Crippen LogP contribution in [-0.4, -0.2) is 15.8 Å². The lowest BCUT2D eigenvalue weighted by Gasteiger charge is -2.07. The first-order chi connectivity index (χ1) is 9.69. The maximum atomic E-state index is 11.3. The summed E-state index contributed by atoms with van der Waals surface area (Å²) in [4.78, 5) is 23.4. The minimum absolute atomic E-state index is 0.184. The van der Waals surface area contributed by atoms with Crippen molar-refractivity contribution in [3.8, 4) is 10.6 Å². The normalized spacial score (nSPS) is 16.9. The summed E-state index contributed by atoms with van der Waals surface area (Å²) < 4.78 is 0. The molecule has 0 radical (unpaired) electrons. The van der Waals surface area contributed by atoms with Gasteiger partial charge < -0.3 is 0 Å². The standard InChI is InChI=1S/C15H16N2OS2/c1-8(18)6-12-16-10-4-5-11-14(15(10)20-12)17-13(19-11)7-9-2-3-9/h9H,2-7H2,1H3. The molecule has 0 saturated heterocycles. The first kappa shape index (κ1) is 12.7. The Hall–Kier alpha value is -1.07. The molecule has 0 N–H and O–H groups in total. The van der Waals surface area contributed by atoms with E-state index in [1.807, 2.05) is 11.3 Å². The number of thiazole rings is 2. The maximum Gasteiger partial charge on any atom is 0.136 e. The molecule has 104 valence electrons. The largest absolute Gasteiger partial charge is 0.300 e. The summed E-state index contributed by atoms with van der Waals surface area (Å²) in [6.07, 6.45) is 6.44. The zero-order valence-corrected chi connectivity index (χ0v) is 13.1. The van der Waals surface area contributed by atoms with Gasteiger partial charge in [-0.05, 0) is 38.5 Å². The number of fused-ring (bicyclic) bond motifs is 3. The fourth-order valence-corrected chi connectivity index (χ4v) is 5.13. The number of aryl methyl sites for hydroxylation is 2. The van der Waals surface area contributed by atoms with Crippen LogP contribution in [0.1, 0.15) is 40.4 Å². The van der Waals surface area contributed by atoms with Gasteiger partial charge >= 0.3 is 0 Å². The van der Waals surface area contributed by atoms with Crippen molar-refractivity contribution < 1.29 is 4.79 Å². The van der Waals surface area contributed by atoms with Crippen LogP contribution >= 0.6 is 22.7 Å². The van der Waals surface area contributed by atoms with Crippen molar-refractivity contribution in [1.82, 2.24) is 9.97 Å². The summed E-state index contributed by atoms with van der Waals surface area (Å²) >= 11 is 3.56. The van der Waals surface area contributed by atoms with Gasteiger partial charge in [-0.25, -0.2) is 9.97 Å². The van der Waals surface area contributed by atoms with Gasteiger partial charge in [-0.2, -0.15) is 0 Å². The van der Waals surface area contributed by atoms with Gasteiger partial charge in [0.05, 0.1) is 27.7 Å². The van der Waals surface area contributed by atoms with Gasteiger partial charge in [0.25, 0.3) is 0 Å². The Morgan fingerprint density at radius 1 is 1.20 bits per heavy atom. The van der Waals surface area contributed by atoms with E-state index in [0.717, 1.165) is 35.9 Å². The highest BCUT2D eigenvalue weighted by atomic mass is 32.1. The number of hydrogen-bond acceptors (Lipinski definition) is 5. The lowest BCUT2D eigenvalue weighted by molar-refractivity contribution is -0.116. The van der Waals surface area contributed by atoms with Crippen LogP contribution in [0.4, 0.5) is 0 Å². The van der Waals surface area contributed by atoms with Gasteiger partial charge in [0.1, 0.15) is 10.8 Å². The van der Waals surface area contributed by atoms with Crippen LogP contribution in [0, 0.1) is 5.92 Å². The van der Waals surface area contributed by atoms with Crippen molar-refractivity contribution in [1.29, 1.82) is 0 Å². The second-order valence-electron chi connectivity index (χ2n) is 5.79. The molecule has 2 aromatic heterocycles. The molecule has 0 amide bonds. The average Bonchev–Trinajstić information content (AvgIpc) is 2.95. The van der Waals surface area contributed by atoms with Crippen LogP contribution in [0.15, 0.2) is 0 Å². The molecule has 0 unspecified atom stereocenters. The van der Waals surface area contributed by atoms with Crippen molar-refractivity contribution >= 4 is 28.5 Å². The highest BCUT2D eigenvalue weighted by Gasteiger charge is 2.28. The SMILES string of the molecule is CC(=O)Cc1nc2c(s1)-c1nc(CC3CC3)sc1CC2. The Bertz CT molecular complexity index is 682. The van der Waals surface area contributed by atoms with Gasteiger partial charge in [0.15, 0.2) is 0 Å². The average molecular weight is 304 g/mol. The smallest absolute Gasteiger partial charge is 0.136 e. The predicted octanol–water partition coefficient (Wildman–Crippen LogP) is 3.45. The van der Waals surface area contributed by atoms with Crippen LogP contribution in [0.2, 0.25) is 0 Å². The summed E-state index contributed by atoms with van der Waals surface area (Å²) in [5, 5.41) is 2.25. The lowest BCUT2D eigenvalue weighted by Crippen LogP contribution is -2.00. The molecule has 0 spiro atoms. The minimum atomic E-state index is 0.184. The monoisotopic (exact) mass is 304 g/mol. The van der Waals surface area contributed by atoms with E-state index in [1.165, 1.54) is 33.3 Å². The molecule has 4 rings (SSSR count). The van der Waals surface area contributed by atoms with E-state index in [4.69, 9.17) is 4.98 Å². The van der Waals surface area contributed by atoms with Gasteiger partial charge in [0.2, 0.25) is 0 Å². The van der Waals surface area contributed by atoms with Crippen LogP contribution < -0.4 is 0 Å². The fourth-order valence-electron chi connectivity index (χ4n) is 2.68.